The van der Waals surface area contributed by atoms with Crippen molar-refractivity contribution in [1.82, 2.24) is 4.90 Å². The van der Waals surface area contributed by atoms with E-state index in [0.717, 1.165) is 5.56 Å². The maximum Gasteiger partial charge on any atom is 0.254 e. The fraction of sp³-hybridized carbons (Fsp3) is 0.417. The topological polar surface area (TPSA) is 86.8 Å². The molecule has 4 N–H and O–H groups in total. The van der Waals surface area contributed by atoms with E-state index in [1.807, 2.05) is 6.92 Å². The zero-order chi connectivity index (χ0) is 12.8. The van der Waals surface area contributed by atoms with Gasteiger partial charge in [-0.25, -0.2) is 0 Å². The van der Waals surface area contributed by atoms with Crippen LogP contribution in [0.25, 0.3) is 0 Å². The molecule has 1 rings (SSSR count). The minimum atomic E-state index is -0.224. The number of rotatable bonds is 5. The Morgan fingerprint density at radius 2 is 1.88 bits per heavy atom. The zero-order valence-corrected chi connectivity index (χ0v) is 9.89. The second-order valence-electron chi connectivity index (χ2n) is 3.81. The van der Waals surface area contributed by atoms with Crippen molar-refractivity contribution in [2.75, 3.05) is 32.0 Å². The van der Waals surface area contributed by atoms with Gasteiger partial charge in [-0.15, -0.1) is 0 Å². The van der Waals surface area contributed by atoms with E-state index in [1.165, 1.54) is 4.90 Å². The number of nitrogens with zero attached hydrogens (tertiary/aromatic N) is 1. The molecule has 0 saturated carbocycles. The summed E-state index contributed by atoms with van der Waals surface area (Å²) in [6, 6.07) is 5.12. The van der Waals surface area contributed by atoms with Crippen LogP contribution in [0.2, 0.25) is 0 Å². The van der Waals surface area contributed by atoms with Crippen molar-refractivity contribution in [2.45, 2.75) is 6.92 Å². The first-order valence-corrected chi connectivity index (χ1v) is 5.47. The molecule has 94 valence electrons. The quantitative estimate of drug-likeness (QED) is 0.630. The number of nitrogen functional groups attached to an aromatic ring is 1. The second-order valence-corrected chi connectivity index (χ2v) is 3.81. The number of aryl methyl sites for hydroxylation is 1. The smallest absolute Gasteiger partial charge is 0.254 e. The molecule has 0 atom stereocenters. The number of carbonyl (C=O) groups excluding carboxylic acids is 1. The Morgan fingerprint density at radius 3 is 2.41 bits per heavy atom. The maximum absolute atomic E-state index is 12.1. The van der Waals surface area contributed by atoms with Gasteiger partial charge >= 0.3 is 0 Å². The third kappa shape index (κ3) is 3.44. The van der Waals surface area contributed by atoms with E-state index in [0.29, 0.717) is 11.3 Å². The summed E-state index contributed by atoms with van der Waals surface area (Å²) in [5, 5.41) is 17.8. The minimum Gasteiger partial charge on any atom is -0.399 e. The minimum absolute atomic E-state index is 0.132. The highest BCUT2D eigenvalue weighted by molar-refractivity contribution is 5.96. The average molecular weight is 238 g/mol. The number of hydrogen-bond acceptors (Lipinski definition) is 4. The molecule has 5 heteroatoms. The number of nitrogens with two attached hydrogens (primary N) is 1. The van der Waals surface area contributed by atoms with Gasteiger partial charge in [0, 0.05) is 24.3 Å². The largest absolute Gasteiger partial charge is 0.399 e. The molecule has 0 saturated heterocycles. The van der Waals surface area contributed by atoms with Gasteiger partial charge < -0.3 is 20.8 Å². The molecule has 0 bridgehead atoms. The van der Waals surface area contributed by atoms with Crippen LogP contribution in [-0.2, 0) is 0 Å². The van der Waals surface area contributed by atoms with Crippen LogP contribution in [0.15, 0.2) is 18.2 Å². The third-order valence-corrected chi connectivity index (χ3v) is 2.52. The van der Waals surface area contributed by atoms with Crippen molar-refractivity contribution >= 4 is 11.6 Å². The molecule has 0 aliphatic rings. The Balaban J connectivity index is 2.95. The van der Waals surface area contributed by atoms with Gasteiger partial charge in [0.05, 0.1) is 13.2 Å². The van der Waals surface area contributed by atoms with Crippen molar-refractivity contribution in [2.24, 2.45) is 0 Å². The first kappa shape index (κ1) is 13.5. The number of anilines is 1. The van der Waals surface area contributed by atoms with Crippen LogP contribution in [0.3, 0.4) is 0 Å². The summed E-state index contributed by atoms with van der Waals surface area (Å²) in [7, 11) is 0. The van der Waals surface area contributed by atoms with Crippen molar-refractivity contribution in [1.29, 1.82) is 0 Å². The molecule has 5 nitrogen and oxygen atoms in total. The van der Waals surface area contributed by atoms with Gasteiger partial charge in [0.25, 0.3) is 5.91 Å². The summed E-state index contributed by atoms with van der Waals surface area (Å²) in [5.41, 5.74) is 7.49. The Morgan fingerprint density at radius 1 is 1.29 bits per heavy atom. The molecule has 0 unspecified atom stereocenters. The Kier molecular flexibility index (Phi) is 4.93. The summed E-state index contributed by atoms with van der Waals surface area (Å²) in [6.07, 6.45) is 0. The lowest BCUT2D eigenvalue weighted by Gasteiger charge is -2.21. The molecular weight excluding hydrogens is 220 g/mol. The molecule has 0 aliphatic carbocycles. The molecule has 0 aliphatic heterocycles. The van der Waals surface area contributed by atoms with Crippen molar-refractivity contribution in [3.63, 3.8) is 0 Å². The summed E-state index contributed by atoms with van der Waals surface area (Å²) in [4.78, 5) is 13.6. The van der Waals surface area contributed by atoms with Crippen molar-refractivity contribution in [3.05, 3.63) is 29.3 Å². The lowest BCUT2D eigenvalue weighted by Crippen LogP contribution is -2.36. The van der Waals surface area contributed by atoms with Gasteiger partial charge in [0.2, 0.25) is 0 Å². The Labute approximate surface area is 100 Å². The zero-order valence-electron chi connectivity index (χ0n) is 9.89. The van der Waals surface area contributed by atoms with E-state index in [1.54, 1.807) is 18.2 Å². The van der Waals surface area contributed by atoms with Crippen molar-refractivity contribution in [3.8, 4) is 0 Å². The number of carbonyl (C=O) groups is 1. The van der Waals surface area contributed by atoms with Gasteiger partial charge in [-0.1, -0.05) is 6.07 Å². The molecule has 0 fully saturated rings. The Hall–Kier alpha value is -1.59. The molecule has 0 radical (unpaired) electrons. The van der Waals surface area contributed by atoms with E-state index < -0.39 is 0 Å². The molecule has 1 amide bonds. The molecule has 0 heterocycles. The van der Waals surface area contributed by atoms with E-state index in [4.69, 9.17) is 15.9 Å². The first-order chi connectivity index (χ1) is 8.10. The summed E-state index contributed by atoms with van der Waals surface area (Å²) < 4.78 is 0. The Bertz CT molecular complexity index is 387. The van der Waals surface area contributed by atoms with Crippen LogP contribution in [-0.4, -0.2) is 47.3 Å². The average Bonchev–Trinajstić information content (AvgIpc) is 2.31. The van der Waals surface area contributed by atoms with Crippen LogP contribution >= 0.6 is 0 Å². The number of aliphatic hydroxyl groups excluding tert-OH is 2. The van der Waals surface area contributed by atoms with Crippen LogP contribution in [0.4, 0.5) is 5.69 Å². The summed E-state index contributed by atoms with van der Waals surface area (Å²) in [5.74, 6) is -0.224. The van der Waals surface area contributed by atoms with Gasteiger partial charge in [-0.2, -0.15) is 0 Å². The second kappa shape index (κ2) is 6.22. The molecule has 0 spiro atoms. The highest BCUT2D eigenvalue weighted by atomic mass is 16.3. The van der Waals surface area contributed by atoms with Gasteiger partial charge in [0.1, 0.15) is 0 Å². The molecule has 1 aromatic rings. The number of aliphatic hydroxyl groups is 2. The number of hydrogen-bond donors (Lipinski definition) is 3. The number of amides is 1. The maximum atomic E-state index is 12.1. The fourth-order valence-corrected chi connectivity index (χ4v) is 1.60. The van der Waals surface area contributed by atoms with Gasteiger partial charge in [0.15, 0.2) is 0 Å². The monoisotopic (exact) mass is 238 g/mol. The van der Waals surface area contributed by atoms with Gasteiger partial charge in [-0.3, -0.25) is 4.79 Å². The predicted octanol–water partition coefficient (Wildman–Crippen LogP) is 0.00402. The summed E-state index contributed by atoms with van der Waals surface area (Å²) >= 11 is 0. The lowest BCUT2D eigenvalue weighted by atomic mass is 10.1. The van der Waals surface area contributed by atoms with Crippen LogP contribution in [0.5, 0.6) is 0 Å². The van der Waals surface area contributed by atoms with E-state index in [-0.39, 0.29) is 32.2 Å². The van der Waals surface area contributed by atoms with Crippen LogP contribution in [0, 0.1) is 6.92 Å². The van der Waals surface area contributed by atoms with Crippen LogP contribution < -0.4 is 5.73 Å². The highest BCUT2D eigenvalue weighted by Gasteiger charge is 2.16. The normalized spacial score (nSPS) is 10.3. The van der Waals surface area contributed by atoms with Crippen molar-refractivity contribution < 1.29 is 15.0 Å². The van der Waals surface area contributed by atoms with E-state index >= 15 is 0 Å². The standard InChI is InChI=1S/C12H18N2O3/c1-9-2-3-10(13)8-11(9)12(17)14(4-6-15)5-7-16/h2-3,8,15-16H,4-7,13H2,1H3. The molecular formula is C12H18N2O3. The van der Waals surface area contributed by atoms with E-state index in [2.05, 4.69) is 0 Å². The molecule has 1 aromatic carbocycles. The first-order valence-electron chi connectivity index (χ1n) is 5.47. The highest BCUT2D eigenvalue weighted by Crippen LogP contribution is 2.14. The SMILES string of the molecule is Cc1ccc(N)cc1C(=O)N(CCO)CCO. The summed E-state index contributed by atoms with van der Waals surface area (Å²) in [6.45, 7) is 1.96. The van der Waals surface area contributed by atoms with Crippen LogP contribution in [0.1, 0.15) is 15.9 Å². The fourth-order valence-electron chi connectivity index (χ4n) is 1.60. The predicted molar refractivity (Wildman–Crippen MR) is 65.7 cm³/mol. The van der Waals surface area contributed by atoms with Gasteiger partial charge in [-0.05, 0) is 24.6 Å². The molecule has 0 aromatic heterocycles. The third-order valence-electron chi connectivity index (χ3n) is 2.52. The lowest BCUT2D eigenvalue weighted by molar-refractivity contribution is 0.0684. The number of benzene rings is 1. The van der Waals surface area contributed by atoms with E-state index in [9.17, 15) is 4.79 Å². The molecule has 17 heavy (non-hydrogen) atoms.